The van der Waals surface area contributed by atoms with Crippen molar-refractivity contribution in [3.63, 3.8) is 0 Å². The molecule has 0 N–H and O–H groups in total. The third-order valence-corrected chi connectivity index (χ3v) is 12.6. The molecule has 27 heavy (non-hydrogen) atoms. The molecule has 0 spiro atoms. The van der Waals surface area contributed by atoms with Crippen LogP contribution in [0, 0.1) is 0 Å². The molecule has 1 aromatic heterocycles. The summed E-state index contributed by atoms with van der Waals surface area (Å²) < 4.78 is 2.89. The summed E-state index contributed by atoms with van der Waals surface area (Å²) in [6.07, 6.45) is 2.09. The minimum absolute atomic E-state index is 1.03. The summed E-state index contributed by atoms with van der Waals surface area (Å²) in [7, 11) is 0. The van der Waals surface area contributed by atoms with Gasteiger partial charge in [0.05, 0.1) is 0 Å². The number of nitrogens with zero attached hydrogens (tertiary/aromatic N) is 1. The van der Waals surface area contributed by atoms with E-state index in [-0.39, 0.29) is 0 Å². The molecule has 0 saturated carbocycles. The van der Waals surface area contributed by atoms with Crippen molar-refractivity contribution in [2.75, 3.05) is 0 Å². The SMILES string of the molecule is [CH3][Ge]([CH3])([c]1ccccc1)[c]1ccc(-c2cccc(-c3ccccc3)c2)nc1. The van der Waals surface area contributed by atoms with Gasteiger partial charge in [-0.05, 0) is 0 Å². The molecule has 132 valence electrons. The molecule has 4 rings (SSSR count). The van der Waals surface area contributed by atoms with Gasteiger partial charge in [0.2, 0.25) is 0 Å². The van der Waals surface area contributed by atoms with Crippen molar-refractivity contribution >= 4 is 22.1 Å². The van der Waals surface area contributed by atoms with Gasteiger partial charge in [0.1, 0.15) is 0 Å². The van der Waals surface area contributed by atoms with E-state index in [2.05, 4.69) is 109 Å². The third kappa shape index (κ3) is 3.74. The fourth-order valence-corrected chi connectivity index (χ4v) is 8.16. The van der Waals surface area contributed by atoms with E-state index in [1.54, 1.807) is 0 Å². The molecule has 1 nitrogen and oxygen atoms in total. The van der Waals surface area contributed by atoms with E-state index in [9.17, 15) is 0 Å². The predicted octanol–water partition coefficient (Wildman–Crippen LogP) is 5.24. The molecule has 0 radical (unpaired) electrons. The Morgan fingerprint density at radius 2 is 1.19 bits per heavy atom. The maximum atomic E-state index is 4.82. The monoisotopic (exact) mass is 411 g/mol. The molecule has 0 atom stereocenters. The zero-order valence-electron chi connectivity index (χ0n) is 15.8. The molecule has 4 aromatic rings. The maximum absolute atomic E-state index is 4.82. The average molecular weight is 410 g/mol. The zero-order chi connectivity index (χ0) is 18.7. The topological polar surface area (TPSA) is 12.9 Å². The molecule has 0 fully saturated rings. The molecule has 0 unspecified atom stereocenters. The van der Waals surface area contributed by atoms with Gasteiger partial charge >= 0.3 is 164 Å². The molecule has 3 aromatic carbocycles. The van der Waals surface area contributed by atoms with Crippen LogP contribution in [-0.2, 0) is 0 Å². The Morgan fingerprint density at radius 1 is 0.556 bits per heavy atom. The van der Waals surface area contributed by atoms with E-state index in [1.807, 2.05) is 6.07 Å². The summed E-state index contributed by atoms with van der Waals surface area (Å²) in [5.41, 5.74) is 4.65. The number of aromatic nitrogens is 1. The van der Waals surface area contributed by atoms with E-state index < -0.39 is 13.3 Å². The van der Waals surface area contributed by atoms with Gasteiger partial charge in [-0.25, -0.2) is 0 Å². The van der Waals surface area contributed by atoms with Gasteiger partial charge in [0.15, 0.2) is 0 Å². The first-order valence-electron chi connectivity index (χ1n) is 9.32. The first-order valence-corrected chi connectivity index (χ1v) is 15.6. The first-order chi connectivity index (χ1) is 13.1. The Kier molecular flexibility index (Phi) is 4.95. The van der Waals surface area contributed by atoms with Crippen LogP contribution in [0.4, 0.5) is 0 Å². The van der Waals surface area contributed by atoms with Gasteiger partial charge < -0.3 is 0 Å². The van der Waals surface area contributed by atoms with Crippen LogP contribution in [0.25, 0.3) is 22.4 Å². The molecule has 0 bridgehead atoms. The van der Waals surface area contributed by atoms with Crippen LogP contribution in [0.1, 0.15) is 0 Å². The van der Waals surface area contributed by atoms with Gasteiger partial charge in [0, 0.05) is 0 Å². The fourth-order valence-electron chi connectivity index (χ4n) is 3.44. The number of hydrogen-bond donors (Lipinski definition) is 0. The van der Waals surface area contributed by atoms with E-state index in [0.29, 0.717) is 0 Å². The third-order valence-electron chi connectivity index (χ3n) is 5.25. The Hall–Kier alpha value is -2.65. The van der Waals surface area contributed by atoms with Crippen LogP contribution in [0.5, 0.6) is 0 Å². The second-order valence-corrected chi connectivity index (χ2v) is 16.6. The Balaban J connectivity index is 1.65. The predicted molar refractivity (Wildman–Crippen MR) is 118 cm³/mol. The van der Waals surface area contributed by atoms with Crippen molar-refractivity contribution < 1.29 is 0 Å². The van der Waals surface area contributed by atoms with Crippen LogP contribution in [0.15, 0.2) is 103 Å². The van der Waals surface area contributed by atoms with Crippen LogP contribution < -0.4 is 8.79 Å². The van der Waals surface area contributed by atoms with E-state index >= 15 is 0 Å². The molecule has 0 amide bonds. The number of benzene rings is 3. The van der Waals surface area contributed by atoms with Crippen LogP contribution in [0.3, 0.4) is 0 Å². The van der Waals surface area contributed by atoms with Gasteiger partial charge in [-0.2, -0.15) is 0 Å². The Labute approximate surface area is 164 Å². The number of rotatable bonds is 4. The van der Waals surface area contributed by atoms with E-state index in [1.165, 1.54) is 19.9 Å². The molecular formula is C25H23GeN. The van der Waals surface area contributed by atoms with Crippen molar-refractivity contribution in [2.45, 2.75) is 11.5 Å². The van der Waals surface area contributed by atoms with Gasteiger partial charge in [0.25, 0.3) is 0 Å². The van der Waals surface area contributed by atoms with Crippen LogP contribution in [-0.4, -0.2) is 18.3 Å². The Bertz CT molecular complexity index is 1020. The summed E-state index contributed by atoms with van der Waals surface area (Å²) in [6.45, 7) is 0. The molecule has 0 saturated heterocycles. The number of pyridine rings is 1. The van der Waals surface area contributed by atoms with Gasteiger partial charge in [-0.1, -0.05) is 0 Å². The normalized spacial score (nSPS) is 11.3. The van der Waals surface area contributed by atoms with Gasteiger partial charge in [-0.15, -0.1) is 0 Å². The second-order valence-electron chi connectivity index (χ2n) is 7.37. The molecule has 0 aliphatic carbocycles. The molecule has 1 heterocycles. The van der Waals surface area contributed by atoms with Gasteiger partial charge in [-0.3, -0.25) is 0 Å². The summed E-state index contributed by atoms with van der Waals surface area (Å²) in [4.78, 5) is 4.82. The van der Waals surface area contributed by atoms with Crippen molar-refractivity contribution in [3.8, 4) is 22.4 Å². The quantitative estimate of drug-likeness (QED) is 0.420. The molecule has 0 aliphatic heterocycles. The van der Waals surface area contributed by atoms with Crippen molar-refractivity contribution in [2.24, 2.45) is 0 Å². The van der Waals surface area contributed by atoms with Crippen molar-refractivity contribution in [1.29, 1.82) is 0 Å². The minimum atomic E-state index is -2.28. The van der Waals surface area contributed by atoms with Crippen LogP contribution >= 0.6 is 0 Å². The number of hydrogen-bond acceptors (Lipinski definition) is 1. The standard InChI is InChI=1S/C25H23GeN/c1-26(2,23-14-7-4-8-15-23)24-16-17-25(27-19-24)22-13-9-12-21(18-22)20-10-5-3-6-11-20/h3-19H,1-2H3. The fraction of sp³-hybridized carbons (Fsp3) is 0.0800. The molecular weight excluding hydrogens is 387 g/mol. The first kappa shape index (κ1) is 17.8. The average Bonchev–Trinajstić information content (AvgIpc) is 2.75. The second kappa shape index (κ2) is 7.53. The van der Waals surface area contributed by atoms with Crippen molar-refractivity contribution in [3.05, 3.63) is 103 Å². The van der Waals surface area contributed by atoms with E-state index in [0.717, 1.165) is 11.3 Å². The molecule has 0 aliphatic rings. The van der Waals surface area contributed by atoms with Crippen LogP contribution in [0.2, 0.25) is 11.5 Å². The van der Waals surface area contributed by atoms with E-state index in [4.69, 9.17) is 4.98 Å². The Morgan fingerprint density at radius 3 is 1.85 bits per heavy atom. The van der Waals surface area contributed by atoms with Crippen molar-refractivity contribution in [1.82, 2.24) is 4.98 Å². The molecule has 2 heteroatoms. The summed E-state index contributed by atoms with van der Waals surface area (Å²) in [6, 6.07) is 34.5. The summed E-state index contributed by atoms with van der Waals surface area (Å²) in [5.74, 6) is 4.87. The summed E-state index contributed by atoms with van der Waals surface area (Å²) >= 11 is -2.28. The summed E-state index contributed by atoms with van der Waals surface area (Å²) in [5, 5.41) is 0. The zero-order valence-corrected chi connectivity index (χ0v) is 17.9.